The average Bonchev–Trinajstić information content (AvgIpc) is 2.47. The zero-order chi connectivity index (χ0) is 8.55. The summed E-state index contributed by atoms with van der Waals surface area (Å²) in [5, 5.41) is 10.2. The summed E-state index contributed by atoms with van der Waals surface area (Å²) in [5.41, 5.74) is 2.38. The Morgan fingerprint density at radius 3 is 3.00 bits per heavy atom. The highest BCUT2D eigenvalue weighted by atomic mass is 32.1. The van der Waals surface area contributed by atoms with Gasteiger partial charge in [-0.3, -0.25) is 0 Å². The summed E-state index contributed by atoms with van der Waals surface area (Å²) in [5.74, 6) is 0.537. The number of fused-ring (bicyclic) bond motifs is 1. The molecule has 0 saturated carbocycles. The predicted octanol–water partition coefficient (Wildman–Crippen LogP) is 2.81. The first-order valence-electron chi connectivity index (χ1n) is 3.98. The van der Waals surface area contributed by atoms with Crippen LogP contribution in [-0.4, -0.2) is 10.2 Å². The molecule has 0 radical (unpaired) electrons. The van der Waals surface area contributed by atoms with Gasteiger partial charge in [0.15, 0.2) is 0 Å². The van der Waals surface area contributed by atoms with Crippen molar-refractivity contribution in [1.29, 1.82) is 0 Å². The van der Waals surface area contributed by atoms with E-state index < -0.39 is 0 Å². The van der Waals surface area contributed by atoms with Crippen molar-refractivity contribution in [3.63, 3.8) is 0 Å². The zero-order valence-electron chi connectivity index (χ0n) is 7.11. The van der Waals surface area contributed by atoms with Crippen LogP contribution in [0.3, 0.4) is 0 Å². The summed E-state index contributed by atoms with van der Waals surface area (Å²) in [7, 11) is 0. The monoisotopic (exact) mass is 178 g/mol. The highest BCUT2D eigenvalue weighted by Gasteiger charge is 2.07. The van der Waals surface area contributed by atoms with E-state index in [1.54, 1.807) is 17.5 Å². The van der Waals surface area contributed by atoms with Crippen LogP contribution in [0, 0.1) is 0 Å². The molecule has 0 aromatic carbocycles. The fourth-order valence-corrected chi connectivity index (χ4v) is 2.26. The van der Waals surface area contributed by atoms with Gasteiger partial charge in [0, 0.05) is 0 Å². The molecule has 0 aliphatic rings. The van der Waals surface area contributed by atoms with Gasteiger partial charge in [-0.25, -0.2) is 0 Å². The molecule has 3 heteroatoms. The Hall–Kier alpha value is -0.960. The van der Waals surface area contributed by atoms with Crippen molar-refractivity contribution in [2.45, 2.75) is 19.8 Å². The molecule has 0 aliphatic heterocycles. The predicted molar refractivity (Wildman–Crippen MR) is 51.5 cm³/mol. The molecule has 2 aromatic rings. The van der Waals surface area contributed by atoms with E-state index in [4.69, 9.17) is 0 Å². The molecule has 0 amide bonds. The Labute approximate surface area is 75.3 Å². The molecule has 0 spiro atoms. The molecule has 62 valence electrons. The second-order valence-corrected chi connectivity index (χ2v) is 4.00. The van der Waals surface area contributed by atoms with Crippen molar-refractivity contribution in [3.8, 4) is 0 Å². The third kappa shape index (κ3) is 1.10. The molecule has 0 saturated heterocycles. The minimum Gasteiger partial charge on any atom is -0.158 e. The van der Waals surface area contributed by atoms with Gasteiger partial charge in [-0.2, -0.15) is 5.10 Å². The van der Waals surface area contributed by atoms with Crippen LogP contribution in [0.2, 0.25) is 0 Å². The van der Waals surface area contributed by atoms with Crippen molar-refractivity contribution in [2.75, 3.05) is 0 Å². The fourth-order valence-electron chi connectivity index (χ4n) is 1.21. The lowest BCUT2D eigenvalue weighted by molar-refractivity contribution is 0.873. The van der Waals surface area contributed by atoms with Crippen LogP contribution in [-0.2, 0) is 0 Å². The van der Waals surface area contributed by atoms with Crippen molar-refractivity contribution < 1.29 is 0 Å². The van der Waals surface area contributed by atoms with Gasteiger partial charge >= 0.3 is 0 Å². The summed E-state index contributed by atoms with van der Waals surface area (Å²) >= 11 is 1.74. The summed E-state index contributed by atoms with van der Waals surface area (Å²) in [6.07, 6.45) is 1.74. The second-order valence-electron chi connectivity index (χ2n) is 3.09. The van der Waals surface area contributed by atoms with Gasteiger partial charge in [0.25, 0.3) is 0 Å². The molecule has 0 aliphatic carbocycles. The standard InChI is InChI=1S/C9H10N2S/c1-6(2)7-5-12-8-3-4-10-11-9(7)8/h3-6H,1-2H3. The largest absolute Gasteiger partial charge is 0.158 e. The molecule has 0 atom stereocenters. The van der Waals surface area contributed by atoms with Crippen molar-refractivity contribution in [3.05, 3.63) is 23.2 Å². The summed E-state index contributed by atoms with van der Waals surface area (Å²) in [4.78, 5) is 0. The maximum Gasteiger partial charge on any atom is 0.107 e. The maximum absolute atomic E-state index is 4.12. The Morgan fingerprint density at radius 1 is 1.42 bits per heavy atom. The fraction of sp³-hybridized carbons (Fsp3) is 0.333. The molecule has 2 rings (SSSR count). The van der Waals surface area contributed by atoms with Crippen molar-refractivity contribution >= 4 is 21.6 Å². The minimum atomic E-state index is 0.537. The zero-order valence-corrected chi connectivity index (χ0v) is 7.93. The first-order chi connectivity index (χ1) is 5.79. The summed E-state index contributed by atoms with van der Waals surface area (Å²) in [6.45, 7) is 4.35. The average molecular weight is 178 g/mol. The first kappa shape index (κ1) is 7.68. The van der Waals surface area contributed by atoms with Gasteiger partial charge in [-0.15, -0.1) is 16.4 Å². The van der Waals surface area contributed by atoms with Crippen LogP contribution in [0.4, 0.5) is 0 Å². The van der Waals surface area contributed by atoms with Crippen LogP contribution in [0.15, 0.2) is 17.6 Å². The lowest BCUT2D eigenvalue weighted by Crippen LogP contribution is -1.87. The quantitative estimate of drug-likeness (QED) is 0.671. The molecular weight excluding hydrogens is 168 g/mol. The number of hydrogen-bond donors (Lipinski definition) is 0. The van der Waals surface area contributed by atoms with Gasteiger partial charge in [-0.1, -0.05) is 13.8 Å². The minimum absolute atomic E-state index is 0.537. The second kappa shape index (κ2) is 2.83. The molecule has 0 N–H and O–H groups in total. The number of nitrogens with zero attached hydrogens (tertiary/aromatic N) is 2. The SMILES string of the molecule is CC(C)c1csc2ccnnc12. The van der Waals surface area contributed by atoms with E-state index >= 15 is 0 Å². The lowest BCUT2D eigenvalue weighted by Gasteiger charge is -1.99. The van der Waals surface area contributed by atoms with Gasteiger partial charge in [-0.05, 0) is 22.9 Å². The highest BCUT2D eigenvalue weighted by Crippen LogP contribution is 2.28. The van der Waals surface area contributed by atoms with E-state index in [0.717, 1.165) is 5.52 Å². The van der Waals surface area contributed by atoms with E-state index in [0.29, 0.717) is 5.92 Å². The number of aromatic nitrogens is 2. The highest BCUT2D eigenvalue weighted by molar-refractivity contribution is 7.17. The molecule has 12 heavy (non-hydrogen) atoms. The lowest BCUT2D eigenvalue weighted by atomic mass is 10.1. The number of thiophene rings is 1. The Balaban J connectivity index is 2.70. The number of hydrogen-bond acceptors (Lipinski definition) is 3. The van der Waals surface area contributed by atoms with E-state index in [-0.39, 0.29) is 0 Å². The maximum atomic E-state index is 4.12. The van der Waals surface area contributed by atoms with Gasteiger partial charge in [0.2, 0.25) is 0 Å². The van der Waals surface area contributed by atoms with Gasteiger partial charge in [0.1, 0.15) is 5.52 Å². The van der Waals surface area contributed by atoms with Crippen molar-refractivity contribution in [2.24, 2.45) is 0 Å². The molecule has 2 aromatic heterocycles. The third-order valence-electron chi connectivity index (χ3n) is 1.89. The Bertz CT molecular complexity index is 392. The molecule has 0 unspecified atom stereocenters. The van der Waals surface area contributed by atoms with Gasteiger partial charge in [0.05, 0.1) is 10.9 Å². The molecule has 0 bridgehead atoms. The number of rotatable bonds is 1. The van der Waals surface area contributed by atoms with Gasteiger partial charge < -0.3 is 0 Å². The first-order valence-corrected chi connectivity index (χ1v) is 4.86. The summed E-state index contributed by atoms with van der Waals surface area (Å²) < 4.78 is 1.23. The van der Waals surface area contributed by atoms with Crippen LogP contribution < -0.4 is 0 Å². The Kier molecular flexibility index (Phi) is 1.81. The normalized spacial score (nSPS) is 11.2. The smallest absolute Gasteiger partial charge is 0.107 e. The van der Waals surface area contributed by atoms with Crippen LogP contribution >= 0.6 is 11.3 Å². The molecule has 2 nitrogen and oxygen atoms in total. The van der Waals surface area contributed by atoms with E-state index in [9.17, 15) is 0 Å². The third-order valence-corrected chi connectivity index (χ3v) is 2.85. The molecular formula is C9H10N2S. The molecule has 0 fully saturated rings. The van der Waals surface area contributed by atoms with Crippen LogP contribution in [0.1, 0.15) is 25.3 Å². The van der Waals surface area contributed by atoms with Crippen LogP contribution in [0.25, 0.3) is 10.2 Å². The van der Waals surface area contributed by atoms with Crippen molar-refractivity contribution in [1.82, 2.24) is 10.2 Å². The van der Waals surface area contributed by atoms with E-state index in [1.807, 2.05) is 6.07 Å². The van der Waals surface area contributed by atoms with E-state index in [1.165, 1.54) is 10.3 Å². The molecule has 2 heterocycles. The topological polar surface area (TPSA) is 25.8 Å². The Morgan fingerprint density at radius 2 is 2.25 bits per heavy atom. The van der Waals surface area contributed by atoms with E-state index in [2.05, 4.69) is 29.4 Å². The van der Waals surface area contributed by atoms with Crippen LogP contribution in [0.5, 0.6) is 0 Å². The summed E-state index contributed by atoms with van der Waals surface area (Å²) in [6, 6.07) is 2.01.